The summed E-state index contributed by atoms with van der Waals surface area (Å²) in [5.74, 6) is 0.669. The first-order valence-corrected chi connectivity index (χ1v) is 5.34. The molecule has 1 rings (SSSR count). The summed E-state index contributed by atoms with van der Waals surface area (Å²) in [5.41, 5.74) is 1.89. The van der Waals surface area contributed by atoms with E-state index in [0.29, 0.717) is 16.9 Å². The van der Waals surface area contributed by atoms with Crippen LogP contribution in [0.4, 0.5) is 8.78 Å². The van der Waals surface area contributed by atoms with Crippen molar-refractivity contribution in [3.63, 3.8) is 0 Å². The molecule has 0 unspecified atom stereocenters. The van der Waals surface area contributed by atoms with Gasteiger partial charge in [0, 0.05) is 17.7 Å². The van der Waals surface area contributed by atoms with Crippen LogP contribution in [0.15, 0.2) is 0 Å². The highest BCUT2D eigenvalue weighted by molar-refractivity contribution is 7.71. The topological polar surface area (TPSA) is 37.9 Å². The molecule has 0 saturated heterocycles. The first-order valence-electron chi connectivity index (χ1n) is 4.93. The lowest BCUT2D eigenvalue weighted by Gasteiger charge is -2.06. The number of alkyl halides is 2. The number of nitrogens with one attached hydrogen (secondary N) is 1. The van der Waals surface area contributed by atoms with Crippen molar-refractivity contribution in [2.45, 2.75) is 26.7 Å². The van der Waals surface area contributed by atoms with E-state index < -0.39 is 13.0 Å². The van der Waals surface area contributed by atoms with Gasteiger partial charge in [-0.1, -0.05) is 12.2 Å². The number of rotatable bonds is 5. The van der Waals surface area contributed by atoms with E-state index in [9.17, 15) is 8.78 Å². The molecule has 0 atom stereocenters. The standard InChI is InChI=1S/C10H14F2N2OS/c1-6-7(2)13-9(14-10(6)16)3-4-15-5-8(11)12/h8H,3-5H2,1-2H3,(H,13,14,16). The molecule has 1 aromatic heterocycles. The zero-order valence-electron chi connectivity index (χ0n) is 9.22. The van der Waals surface area contributed by atoms with Gasteiger partial charge in [0.05, 0.1) is 6.61 Å². The number of aryl methyl sites for hydroxylation is 1. The van der Waals surface area contributed by atoms with E-state index in [1.165, 1.54) is 0 Å². The Morgan fingerprint density at radius 2 is 2.12 bits per heavy atom. The molecule has 0 aliphatic heterocycles. The van der Waals surface area contributed by atoms with Crippen LogP contribution in [0, 0.1) is 18.5 Å². The predicted octanol–water partition coefficient (Wildman–Crippen LogP) is 2.58. The molecular formula is C10H14F2N2OS. The molecule has 90 valence electrons. The van der Waals surface area contributed by atoms with E-state index in [1.54, 1.807) is 0 Å². The van der Waals surface area contributed by atoms with E-state index in [1.807, 2.05) is 13.8 Å². The van der Waals surface area contributed by atoms with Crippen molar-refractivity contribution in [1.29, 1.82) is 0 Å². The Balaban J connectivity index is 2.52. The molecule has 0 aliphatic rings. The van der Waals surface area contributed by atoms with Crippen molar-refractivity contribution in [3.05, 3.63) is 21.7 Å². The Morgan fingerprint density at radius 3 is 2.69 bits per heavy atom. The van der Waals surface area contributed by atoms with Crippen LogP contribution in [0.3, 0.4) is 0 Å². The number of H-pyrrole nitrogens is 1. The molecule has 0 saturated carbocycles. The van der Waals surface area contributed by atoms with Crippen LogP contribution in [0.5, 0.6) is 0 Å². The maximum absolute atomic E-state index is 11.8. The SMILES string of the molecule is Cc1[nH]c(CCOCC(F)F)nc(=S)c1C. The van der Waals surface area contributed by atoms with E-state index >= 15 is 0 Å². The quantitative estimate of drug-likeness (QED) is 0.643. The summed E-state index contributed by atoms with van der Waals surface area (Å²) in [5, 5.41) is 0. The van der Waals surface area contributed by atoms with Crippen LogP contribution in [0.2, 0.25) is 0 Å². The molecule has 16 heavy (non-hydrogen) atoms. The van der Waals surface area contributed by atoms with E-state index in [-0.39, 0.29) is 6.61 Å². The second kappa shape index (κ2) is 6.00. The molecule has 0 aliphatic carbocycles. The minimum atomic E-state index is -2.42. The van der Waals surface area contributed by atoms with E-state index in [4.69, 9.17) is 17.0 Å². The van der Waals surface area contributed by atoms with Crippen molar-refractivity contribution in [1.82, 2.24) is 9.97 Å². The van der Waals surface area contributed by atoms with E-state index in [2.05, 4.69) is 9.97 Å². The van der Waals surface area contributed by atoms with E-state index in [0.717, 1.165) is 11.3 Å². The fourth-order valence-electron chi connectivity index (χ4n) is 1.16. The average Bonchev–Trinajstić information content (AvgIpc) is 2.20. The van der Waals surface area contributed by atoms with Crippen molar-refractivity contribution < 1.29 is 13.5 Å². The maximum Gasteiger partial charge on any atom is 0.261 e. The zero-order valence-corrected chi connectivity index (χ0v) is 10.0. The number of halogens is 2. The molecule has 0 amide bonds. The largest absolute Gasteiger partial charge is 0.375 e. The number of hydrogen-bond acceptors (Lipinski definition) is 3. The molecule has 0 aromatic carbocycles. The van der Waals surface area contributed by atoms with Gasteiger partial charge in [-0.15, -0.1) is 0 Å². The van der Waals surface area contributed by atoms with Crippen molar-refractivity contribution in [2.24, 2.45) is 0 Å². The normalized spacial score (nSPS) is 11.1. The van der Waals surface area contributed by atoms with Crippen LogP contribution >= 0.6 is 12.2 Å². The number of hydrogen-bond donors (Lipinski definition) is 1. The summed E-state index contributed by atoms with van der Waals surface area (Å²) in [6, 6.07) is 0. The van der Waals surface area contributed by atoms with Crippen molar-refractivity contribution in [2.75, 3.05) is 13.2 Å². The van der Waals surface area contributed by atoms with Crippen LogP contribution in [-0.4, -0.2) is 29.6 Å². The number of aromatic amines is 1. The predicted molar refractivity (Wildman–Crippen MR) is 59.4 cm³/mol. The minimum Gasteiger partial charge on any atom is -0.375 e. The van der Waals surface area contributed by atoms with Gasteiger partial charge in [-0.25, -0.2) is 13.8 Å². The Labute approximate surface area is 97.9 Å². The van der Waals surface area contributed by atoms with Crippen molar-refractivity contribution >= 4 is 12.2 Å². The fraction of sp³-hybridized carbons (Fsp3) is 0.600. The second-order valence-corrected chi connectivity index (χ2v) is 3.84. The lowest BCUT2D eigenvalue weighted by atomic mass is 10.2. The van der Waals surface area contributed by atoms with Gasteiger partial charge in [-0.2, -0.15) is 0 Å². The molecule has 0 bridgehead atoms. The first kappa shape index (κ1) is 13.2. The Bertz CT molecular complexity index is 406. The molecular weight excluding hydrogens is 234 g/mol. The second-order valence-electron chi connectivity index (χ2n) is 3.45. The Hall–Kier alpha value is -0.880. The van der Waals surface area contributed by atoms with Gasteiger partial charge in [0.15, 0.2) is 0 Å². The number of aromatic nitrogens is 2. The monoisotopic (exact) mass is 248 g/mol. The van der Waals surface area contributed by atoms with Gasteiger partial charge in [0.1, 0.15) is 17.1 Å². The number of nitrogens with zero attached hydrogens (tertiary/aromatic N) is 1. The highest BCUT2D eigenvalue weighted by Gasteiger charge is 2.04. The summed E-state index contributed by atoms with van der Waals surface area (Å²) in [7, 11) is 0. The van der Waals surface area contributed by atoms with Gasteiger partial charge < -0.3 is 9.72 Å². The third-order valence-electron chi connectivity index (χ3n) is 2.18. The maximum atomic E-state index is 11.8. The average molecular weight is 248 g/mol. The Morgan fingerprint density at radius 1 is 1.44 bits per heavy atom. The first-order chi connectivity index (χ1) is 7.50. The summed E-state index contributed by atoms with van der Waals surface area (Å²) >= 11 is 5.06. The summed E-state index contributed by atoms with van der Waals surface area (Å²) in [6.07, 6.45) is -1.97. The molecule has 0 spiro atoms. The fourth-order valence-corrected chi connectivity index (χ4v) is 1.43. The zero-order chi connectivity index (χ0) is 12.1. The van der Waals surface area contributed by atoms with Gasteiger partial charge in [-0.3, -0.25) is 0 Å². The molecule has 6 heteroatoms. The molecule has 1 N–H and O–H groups in total. The molecule has 1 heterocycles. The third kappa shape index (κ3) is 3.94. The summed E-state index contributed by atoms with van der Waals surface area (Å²) in [4.78, 5) is 7.20. The lowest BCUT2D eigenvalue weighted by Crippen LogP contribution is -2.09. The molecule has 0 fully saturated rings. The smallest absolute Gasteiger partial charge is 0.261 e. The molecule has 3 nitrogen and oxygen atoms in total. The van der Waals surface area contributed by atoms with Crippen LogP contribution in [-0.2, 0) is 11.2 Å². The highest BCUT2D eigenvalue weighted by atomic mass is 32.1. The lowest BCUT2D eigenvalue weighted by molar-refractivity contribution is 0.0182. The van der Waals surface area contributed by atoms with Gasteiger partial charge >= 0.3 is 0 Å². The van der Waals surface area contributed by atoms with Crippen LogP contribution in [0.25, 0.3) is 0 Å². The van der Waals surface area contributed by atoms with Crippen LogP contribution < -0.4 is 0 Å². The summed E-state index contributed by atoms with van der Waals surface area (Å²) < 4.78 is 28.9. The van der Waals surface area contributed by atoms with Crippen molar-refractivity contribution in [3.8, 4) is 0 Å². The van der Waals surface area contributed by atoms with Gasteiger partial charge in [0.2, 0.25) is 0 Å². The van der Waals surface area contributed by atoms with Gasteiger partial charge in [0.25, 0.3) is 6.43 Å². The summed E-state index contributed by atoms with van der Waals surface area (Å²) in [6.45, 7) is 3.46. The van der Waals surface area contributed by atoms with Crippen LogP contribution in [0.1, 0.15) is 17.1 Å². The number of ether oxygens (including phenoxy) is 1. The molecule has 1 aromatic rings. The molecule has 0 radical (unpaired) electrons. The van der Waals surface area contributed by atoms with Gasteiger partial charge in [-0.05, 0) is 13.8 Å². The Kier molecular flexibility index (Phi) is 4.95. The third-order valence-corrected chi connectivity index (χ3v) is 2.58. The highest BCUT2D eigenvalue weighted by Crippen LogP contribution is 2.05. The minimum absolute atomic E-state index is 0.213.